The molecule has 0 spiro atoms. The lowest BCUT2D eigenvalue weighted by molar-refractivity contribution is -0.203. The number of hydrogen-bond donors (Lipinski definition) is 1. The Bertz CT molecular complexity index is 994. The normalized spacial score (nSPS) is 21.7. The van der Waals surface area contributed by atoms with Gasteiger partial charge in [0.05, 0.1) is 7.11 Å². The fourth-order valence-electron chi connectivity index (χ4n) is 3.78. The number of ether oxygens (including phenoxy) is 2. The lowest BCUT2D eigenvalue weighted by Crippen LogP contribution is -2.49. The highest BCUT2D eigenvalue weighted by Crippen LogP contribution is 2.47. The molecule has 0 amide bonds. The van der Waals surface area contributed by atoms with Crippen LogP contribution in [0.3, 0.4) is 0 Å². The summed E-state index contributed by atoms with van der Waals surface area (Å²) in [7, 11) is 1.25. The molecule has 0 bridgehead atoms. The molecule has 0 aliphatic carbocycles. The molecule has 0 saturated carbocycles. The average Bonchev–Trinajstić information content (AvgIpc) is 2.66. The molecule has 132 valence electrons. The Hall–Kier alpha value is -2.85. The first-order chi connectivity index (χ1) is 12.5. The van der Waals surface area contributed by atoms with Crippen LogP contribution in [0.25, 0.3) is 10.8 Å². The molecular formula is C22H20O4. The zero-order valence-electron chi connectivity index (χ0n) is 14.7. The van der Waals surface area contributed by atoms with E-state index >= 15 is 0 Å². The second-order valence-corrected chi connectivity index (χ2v) is 6.75. The minimum absolute atomic E-state index is 0.101. The number of benzene rings is 3. The summed E-state index contributed by atoms with van der Waals surface area (Å²) < 4.78 is 10.5. The molecule has 0 radical (unpaired) electrons. The highest BCUT2D eigenvalue weighted by Gasteiger charge is 2.47. The molecule has 0 fully saturated rings. The molecule has 3 aromatic carbocycles. The molecule has 4 heteroatoms. The van der Waals surface area contributed by atoms with Gasteiger partial charge in [0.15, 0.2) is 0 Å². The molecular weight excluding hydrogens is 328 g/mol. The van der Waals surface area contributed by atoms with E-state index in [1.165, 1.54) is 7.11 Å². The van der Waals surface area contributed by atoms with E-state index in [1.807, 2.05) is 61.5 Å². The first-order valence-corrected chi connectivity index (χ1v) is 8.60. The van der Waals surface area contributed by atoms with Gasteiger partial charge in [0, 0.05) is 17.9 Å². The fraction of sp³-hybridized carbons (Fsp3) is 0.227. The largest absolute Gasteiger partial charge is 0.464 e. The summed E-state index contributed by atoms with van der Waals surface area (Å²) in [4.78, 5) is 12.2. The first-order valence-electron chi connectivity index (χ1n) is 8.60. The van der Waals surface area contributed by atoms with Crippen molar-refractivity contribution in [3.05, 3.63) is 77.4 Å². The van der Waals surface area contributed by atoms with Crippen LogP contribution in [-0.4, -0.2) is 24.0 Å². The van der Waals surface area contributed by atoms with Crippen molar-refractivity contribution in [1.82, 2.24) is 0 Å². The SMILES string of the molecule is COC(=O)[C@@]1(O)C[C@@H](c2cccc(C)c2)c2c(ccc3ccccc23)O1. The van der Waals surface area contributed by atoms with Crippen molar-refractivity contribution in [3.8, 4) is 5.75 Å². The van der Waals surface area contributed by atoms with Crippen LogP contribution in [-0.2, 0) is 9.53 Å². The van der Waals surface area contributed by atoms with E-state index in [4.69, 9.17) is 9.47 Å². The van der Waals surface area contributed by atoms with Crippen LogP contribution in [0.4, 0.5) is 0 Å². The quantitative estimate of drug-likeness (QED) is 0.713. The van der Waals surface area contributed by atoms with Gasteiger partial charge in [-0.05, 0) is 29.3 Å². The number of esters is 1. The van der Waals surface area contributed by atoms with E-state index in [-0.39, 0.29) is 12.3 Å². The maximum Gasteiger partial charge on any atom is 0.379 e. The van der Waals surface area contributed by atoms with Crippen molar-refractivity contribution in [1.29, 1.82) is 0 Å². The van der Waals surface area contributed by atoms with Gasteiger partial charge in [-0.2, -0.15) is 0 Å². The number of rotatable bonds is 2. The van der Waals surface area contributed by atoms with Crippen molar-refractivity contribution >= 4 is 16.7 Å². The summed E-state index contributed by atoms with van der Waals surface area (Å²) in [5.74, 6) is -2.46. The van der Waals surface area contributed by atoms with Gasteiger partial charge in [-0.25, -0.2) is 4.79 Å². The third-order valence-corrected chi connectivity index (χ3v) is 4.99. The summed E-state index contributed by atoms with van der Waals surface area (Å²) in [6.45, 7) is 2.03. The van der Waals surface area contributed by atoms with Crippen LogP contribution in [0, 0.1) is 6.92 Å². The maximum atomic E-state index is 12.2. The van der Waals surface area contributed by atoms with E-state index in [1.54, 1.807) is 0 Å². The van der Waals surface area contributed by atoms with E-state index in [0.29, 0.717) is 5.75 Å². The van der Waals surface area contributed by atoms with Crippen molar-refractivity contribution in [3.63, 3.8) is 0 Å². The minimum atomic E-state index is -2.00. The van der Waals surface area contributed by atoms with Gasteiger partial charge in [-0.3, -0.25) is 0 Å². The predicted octanol–water partition coefficient (Wildman–Crippen LogP) is 3.92. The number of methoxy groups -OCH3 is 1. The van der Waals surface area contributed by atoms with Gasteiger partial charge in [0.25, 0.3) is 0 Å². The zero-order chi connectivity index (χ0) is 18.3. The van der Waals surface area contributed by atoms with Crippen LogP contribution >= 0.6 is 0 Å². The molecule has 4 nitrogen and oxygen atoms in total. The highest BCUT2D eigenvalue weighted by molar-refractivity contribution is 5.90. The maximum absolute atomic E-state index is 12.2. The third kappa shape index (κ3) is 2.63. The van der Waals surface area contributed by atoms with Crippen LogP contribution in [0.2, 0.25) is 0 Å². The molecule has 3 aromatic rings. The molecule has 2 atom stereocenters. The first kappa shape index (κ1) is 16.6. The second kappa shape index (κ2) is 6.15. The van der Waals surface area contributed by atoms with E-state index in [9.17, 15) is 9.90 Å². The number of aryl methyl sites for hydroxylation is 1. The van der Waals surface area contributed by atoms with Crippen LogP contribution in [0.15, 0.2) is 60.7 Å². The van der Waals surface area contributed by atoms with Gasteiger partial charge in [-0.1, -0.05) is 60.2 Å². The molecule has 0 saturated heterocycles. The Labute approximate surface area is 152 Å². The van der Waals surface area contributed by atoms with Gasteiger partial charge in [0.2, 0.25) is 0 Å². The molecule has 1 aliphatic heterocycles. The summed E-state index contributed by atoms with van der Waals surface area (Å²) in [6, 6.07) is 19.9. The Kier molecular flexibility index (Phi) is 3.93. The standard InChI is InChI=1S/C22H20O4/c1-14-6-5-8-16(12-14)18-13-22(24,21(23)25-2)26-19-11-10-15-7-3-4-9-17(15)20(18)19/h3-12,18,24H,13H2,1-2H3/t18-,22+/m0/s1. The lowest BCUT2D eigenvalue weighted by atomic mass is 9.80. The Morgan fingerprint density at radius 2 is 1.96 bits per heavy atom. The number of fused-ring (bicyclic) bond motifs is 3. The molecule has 1 heterocycles. The number of carbonyl (C=O) groups is 1. The number of carbonyl (C=O) groups excluding carboxylic acids is 1. The van der Waals surface area contributed by atoms with E-state index in [2.05, 4.69) is 6.07 Å². The molecule has 1 N–H and O–H groups in total. The minimum Gasteiger partial charge on any atom is -0.464 e. The summed E-state index contributed by atoms with van der Waals surface area (Å²) >= 11 is 0. The van der Waals surface area contributed by atoms with Crippen LogP contribution < -0.4 is 4.74 Å². The molecule has 1 aliphatic rings. The van der Waals surface area contributed by atoms with E-state index < -0.39 is 11.8 Å². The predicted molar refractivity (Wildman–Crippen MR) is 99.2 cm³/mol. The van der Waals surface area contributed by atoms with Crippen LogP contribution in [0.1, 0.15) is 29.0 Å². The molecule has 4 rings (SSSR count). The van der Waals surface area contributed by atoms with Gasteiger partial charge < -0.3 is 14.6 Å². The zero-order valence-corrected chi connectivity index (χ0v) is 14.7. The summed E-state index contributed by atoms with van der Waals surface area (Å²) in [5.41, 5.74) is 3.15. The third-order valence-electron chi connectivity index (χ3n) is 4.99. The monoisotopic (exact) mass is 348 g/mol. The van der Waals surface area contributed by atoms with Crippen molar-refractivity contribution in [2.45, 2.75) is 25.0 Å². The van der Waals surface area contributed by atoms with Gasteiger partial charge >= 0.3 is 11.8 Å². The van der Waals surface area contributed by atoms with Crippen LogP contribution in [0.5, 0.6) is 5.75 Å². The fourth-order valence-corrected chi connectivity index (χ4v) is 3.78. The summed E-state index contributed by atoms with van der Waals surface area (Å²) in [5, 5.41) is 13.0. The second-order valence-electron chi connectivity index (χ2n) is 6.75. The van der Waals surface area contributed by atoms with E-state index in [0.717, 1.165) is 27.5 Å². The molecule has 26 heavy (non-hydrogen) atoms. The highest BCUT2D eigenvalue weighted by atomic mass is 16.7. The molecule has 0 aromatic heterocycles. The Morgan fingerprint density at radius 3 is 2.73 bits per heavy atom. The van der Waals surface area contributed by atoms with Gasteiger partial charge in [-0.15, -0.1) is 0 Å². The van der Waals surface area contributed by atoms with Crippen molar-refractivity contribution in [2.75, 3.05) is 7.11 Å². The smallest absolute Gasteiger partial charge is 0.379 e. The topological polar surface area (TPSA) is 55.8 Å². The Balaban J connectivity index is 1.97. The summed E-state index contributed by atoms with van der Waals surface area (Å²) in [6.07, 6.45) is 0.101. The average molecular weight is 348 g/mol. The number of aliphatic hydroxyl groups is 1. The lowest BCUT2D eigenvalue weighted by Gasteiger charge is -2.37. The number of hydrogen-bond acceptors (Lipinski definition) is 4. The van der Waals surface area contributed by atoms with Crippen molar-refractivity contribution < 1.29 is 19.4 Å². The van der Waals surface area contributed by atoms with Crippen molar-refractivity contribution in [2.24, 2.45) is 0 Å². The van der Waals surface area contributed by atoms with Gasteiger partial charge in [0.1, 0.15) is 5.75 Å². The molecule has 0 unspecified atom stereocenters. The Morgan fingerprint density at radius 1 is 1.15 bits per heavy atom.